The molecule has 1 N–H and O–H groups in total. The molecule has 0 aliphatic rings. The Morgan fingerprint density at radius 3 is 2.83 bits per heavy atom. The number of nitrogens with zero attached hydrogens (tertiary/aromatic N) is 1. The van der Waals surface area contributed by atoms with E-state index in [0.29, 0.717) is 17.8 Å². The number of thiophene rings is 1. The predicted octanol–water partition coefficient (Wildman–Crippen LogP) is 5.11. The highest BCUT2D eigenvalue weighted by atomic mass is 79.9. The van der Waals surface area contributed by atoms with Crippen LogP contribution in [0.1, 0.15) is 23.0 Å². The van der Waals surface area contributed by atoms with Gasteiger partial charge in [-0.1, -0.05) is 30.4 Å². The van der Waals surface area contributed by atoms with Crippen LogP contribution in [0.4, 0.5) is 4.39 Å². The number of nitrogens with one attached hydrogen (secondary N) is 1. The standard InChI is InChI=1S/C18H16BrFN2OS/c1-11(2)10-22-14-8-17(19)24-16(14)7-15(22)18(23)21-9-12-5-3-4-6-13(12)20/h3-8H,1,9-10H2,2H3,(H,21,23). The number of allylic oxidation sites excluding steroid dienone is 1. The number of halogens is 2. The molecule has 6 heteroatoms. The summed E-state index contributed by atoms with van der Waals surface area (Å²) in [5.41, 5.74) is 2.97. The van der Waals surface area contributed by atoms with Gasteiger partial charge in [0.1, 0.15) is 11.5 Å². The summed E-state index contributed by atoms with van der Waals surface area (Å²) in [6.07, 6.45) is 0. The number of hydrogen-bond acceptors (Lipinski definition) is 2. The Bertz CT molecular complexity index is 928. The van der Waals surface area contributed by atoms with Gasteiger partial charge in [-0.2, -0.15) is 0 Å². The van der Waals surface area contributed by atoms with Crippen molar-refractivity contribution in [2.45, 2.75) is 20.0 Å². The minimum atomic E-state index is -0.319. The highest BCUT2D eigenvalue weighted by Gasteiger charge is 2.17. The lowest BCUT2D eigenvalue weighted by molar-refractivity contribution is 0.0942. The molecule has 0 atom stereocenters. The van der Waals surface area contributed by atoms with Crippen LogP contribution in [0.25, 0.3) is 10.2 Å². The minimum Gasteiger partial charge on any atom is -0.347 e. The van der Waals surface area contributed by atoms with Gasteiger partial charge in [-0.3, -0.25) is 4.79 Å². The van der Waals surface area contributed by atoms with E-state index in [1.54, 1.807) is 29.5 Å². The maximum absolute atomic E-state index is 13.7. The zero-order chi connectivity index (χ0) is 17.3. The van der Waals surface area contributed by atoms with E-state index in [2.05, 4.69) is 27.8 Å². The van der Waals surface area contributed by atoms with Gasteiger partial charge in [0.2, 0.25) is 0 Å². The molecule has 0 saturated carbocycles. The van der Waals surface area contributed by atoms with Crippen LogP contribution in [0.5, 0.6) is 0 Å². The van der Waals surface area contributed by atoms with E-state index in [4.69, 9.17) is 0 Å². The van der Waals surface area contributed by atoms with Crippen LogP contribution in [0.3, 0.4) is 0 Å². The van der Waals surface area contributed by atoms with Gasteiger partial charge in [0.15, 0.2) is 0 Å². The zero-order valence-electron chi connectivity index (χ0n) is 13.1. The van der Waals surface area contributed by atoms with Crippen molar-refractivity contribution in [3.63, 3.8) is 0 Å². The fourth-order valence-electron chi connectivity index (χ4n) is 2.55. The van der Waals surface area contributed by atoms with Gasteiger partial charge < -0.3 is 9.88 Å². The molecule has 0 aliphatic carbocycles. The Hall–Kier alpha value is -1.92. The smallest absolute Gasteiger partial charge is 0.268 e. The first-order valence-electron chi connectivity index (χ1n) is 7.40. The molecule has 0 bridgehead atoms. The molecule has 0 radical (unpaired) electrons. The second-order valence-corrected chi connectivity index (χ2v) is 8.11. The largest absolute Gasteiger partial charge is 0.347 e. The Morgan fingerprint density at radius 1 is 1.38 bits per heavy atom. The normalized spacial score (nSPS) is 11.0. The summed E-state index contributed by atoms with van der Waals surface area (Å²) in [7, 11) is 0. The summed E-state index contributed by atoms with van der Waals surface area (Å²) in [6.45, 7) is 6.58. The molecule has 24 heavy (non-hydrogen) atoms. The highest BCUT2D eigenvalue weighted by Crippen LogP contribution is 2.32. The summed E-state index contributed by atoms with van der Waals surface area (Å²) in [6, 6.07) is 10.3. The molecule has 3 aromatic rings. The molecular formula is C18H16BrFN2OS. The molecule has 3 nitrogen and oxygen atoms in total. The molecule has 124 valence electrons. The van der Waals surface area contributed by atoms with E-state index >= 15 is 0 Å². The molecular weight excluding hydrogens is 391 g/mol. The van der Waals surface area contributed by atoms with Crippen molar-refractivity contribution in [3.05, 3.63) is 69.4 Å². The maximum atomic E-state index is 13.7. The van der Waals surface area contributed by atoms with Crippen molar-refractivity contribution in [2.75, 3.05) is 0 Å². The molecule has 2 aromatic heterocycles. The number of aromatic nitrogens is 1. The summed E-state index contributed by atoms with van der Waals surface area (Å²) in [5, 5.41) is 2.80. The zero-order valence-corrected chi connectivity index (χ0v) is 15.5. The lowest BCUT2D eigenvalue weighted by Crippen LogP contribution is -2.26. The molecule has 0 fully saturated rings. The van der Waals surface area contributed by atoms with Gasteiger partial charge in [-0.25, -0.2) is 4.39 Å². The van der Waals surface area contributed by atoms with Crippen molar-refractivity contribution in [2.24, 2.45) is 0 Å². The van der Waals surface area contributed by atoms with Crippen molar-refractivity contribution in [1.82, 2.24) is 9.88 Å². The van der Waals surface area contributed by atoms with Gasteiger partial charge >= 0.3 is 0 Å². The van der Waals surface area contributed by atoms with Crippen molar-refractivity contribution in [1.29, 1.82) is 0 Å². The first-order chi connectivity index (χ1) is 11.5. The quantitative estimate of drug-likeness (QED) is 0.586. The number of fused-ring (bicyclic) bond motifs is 1. The lowest BCUT2D eigenvalue weighted by Gasteiger charge is -2.11. The molecule has 1 aromatic carbocycles. The van der Waals surface area contributed by atoms with E-state index in [9.17, 15) is 9.18 Å². The van der Waals surface area contributed by atoms with Gasteiger partial charge in [0, 0.05) is 18.7 Å². The van der Waals surface area contributed by atoms with Crippen molar-refractivity contribution >= 4 is 43.4 Å². The fourth-order valence-corrected chi connectivity index (χ4v) is 4.11. The highest BCUT2D eigenvalue weighted by molar-refractivity contribution is 9.11. The number of carbonyl (C=O) groups is 1. The van der Waals surface area contributed by atoms with Crippen LogP contribution in [0, 0.1) is 5.82 Å². The van der Waals surface area contributed by atoms with E-state index in [1.165, 1.54) is 6.07 Å². The number of amides is 1. The molecule has 3 rings (SSSR count). The first-order valence-corrected chi connectivity index (χ1v) is 9.01. The second-order valence-electron chi connectivity index (χ2n) is 5.65. The Morgan fingerprint density at radius 2 is 2.12 bits per heavy atom. The maximum Gasteiger partial charge on any atom is 0.268 e. The third-order valence-electron chi connectivity index (χ3n) is 3.62. The average Bonchev–Trinajstić information content (AvgIpc) is 3.03. The Labute approximate surface area is 151 Å². The molecule has 0 unspecified atom stereocenters. The third kappa shape index (κ3) is 3.44. The third-order valence-corrected chi connectivity index (χ3v) is 5.19. The number of rotatable bonds is 5. The van der Waals surface area contributed by atoms with Crippen LogP contribution >= 0.6 is 27.3 Å². The van der Waals surface area contributed by atoms with E-state index in [1.807, 2.05) is 23.6 Å². The SMILES string of the molecule is C=C(C)Cn1c(C(=O)NCc2ccccc2F)cc2sc(Br)cc21. The number of benzene rings is 1. The van der Waals surface area contributed by atoms with Crippen LogP contribution in [0.2, 0.25) is 0 Å². The summed E-state index contributed by atoms with van der Waals surface area (Å²) < 4.78 is 17.7. The molecule has 0 aliphatic heterocycles. The molecule has 0 spiro atoms. The van der Waals surface area contributed by atoms with E-state index < -0.39 is 0 Å². The summed E-state index contributed by atoms with van der Waals surface area (Å²) in [4.78, 5) is 12.6. The van der Waals surface area contributed by atoms with Crippen LogP contribution in [-0.2, 0) is 13.1 Å². The van der Waals surface area contributed by atoms with Crippen LogP contribution in [-0.4, -0.2) is 10.5 Å². The predicted molar refractivity (Wildman–Crippen MR) is 99.9 cm³/mol. The Kier molecular flexibility index (Phi) is 4.87. The second kappa shape index (κ2) is 6.91. The Balaban J connectivity index is 1.87. The van der Waals surface area contributed by atoms with Crippen LogP contribution in [0.15, 0.2) is 52.3 Å². The average molecular weight is 407 g/mol. The molecule has 1 amide bonds. The number of carbonyl (C=O) groups excluding carboxylic acids is 1. The topological polar surface area (TPSA) is 34.0 Å². The lowest BCUT2D eigenvalue weighted by atomic mass is 10.2. The van der Waals surface area contributed by atoms with E-state index in [-0.39, 0.29) is 18.3 Å². The summed E-state index contributed by atoms with van der Waals surface area (Å²) in [5.74, 6) is -0.543. The first kappa shape index (κ1) is 16.9. The van der Waals surface area contributed by atoms with Gasteiger partial charge in [0.25, 0.3) is 5.91 Å². The fraction of sp³-hybridized carbons (Fsp3) is 0.167. The van der Waals surface area contributed by atoms with E-state index in [0.717, 1.165) is 19.6 Å². The molecule has 2 heterocycles. The summed E-state index contributed by atoms with van der Waals surface area (Å²) >= 11 is 5.05. The van der Waals surface area contributed by atoms with Gasteiger partial charge in [-0.05, 0) is 41.1 Å². The van der Waals surface area contributed by atoms with Gasteiger partial charge in [0.05, 0.1) is 14.0 Å². The monoisotopic (exact) mass is 406 g/mol. The van der Waals surface area contributed by atoms with Crippen molar-refractivity contribution in [3.8, 4) is 0 Å². The molecule has 0 saturated heterocycles. The number of hydrogen-bond donors (Lipinski definition) is 1. The van der Waals surface area contributed by atoms with Gasteiger partial charge in [-0.15, -0.1) is 11.3 Å². The minimum absolute atomic E-state index is 0.154. The van der Waals surface area contributed by atoms with Crippen LogP contribution < -0.4 is 5.32 Å². The van der Waals surface area contributed by atoms with Crippen molar-refractivity contribution < 1.29 is 9.18 Å².